The molecule has 0 saturated heterocycles. The average molecular weight is 341 g/mol. The number of hydrogen-bond donors (Lipinski definition) is 2. The molecule has 0 atom stereocenters. The molecule has 0 aliphatic heterocycles. The number of benzene rings is 1. The molecule has 0 aliphatic carbocycles. The van der Waals surface area contributed by atoms with Gasteiger partial charge in [0.1, 0.15) is 17.2 Å². The molecule has 0 bridgehead atoms. The van der Waals surface area contributed by atoms with Gasteiger partial charge in [0.2, 0.25) is 0 Å². The van der Waals surface area contributed by atoms with Crippen molar-refractivity contribution in [1.82, 2.24) is 0 Å². The number of rotatable bonds is 5. The lowest BCUT2D eigenvalue weighted by atomic mass is 10.3. The third-order valence-corrected chi connectivity index (χ3v) is 4.16. The van der Waals surface area contributed by atoms with E-state index in [4.69, 9.17) is 10.5 Å². The van der Waals surface area contributed by atoms with Crippen LogP contribution in [-0.2, 0) is 0 Å². The highest BCUT2D eigenvalue weighted by molar-refractivity contribution is 9.10. The van der Waals surface area contributed by atoms with Crippen LogP contribution in [0.1, 0.15) is 9.67 Å². The lowest BCUT2D eigenvalue weighted by Crippen LogP contribution is -2.11. The number of thiophene rings is 1. The first-order valence-corrected chi connectivity index (χ1v) is 7.35. The molecule has 6 heteroatoms. The minimum atomic E-state index is -0.127. The highest BCUT2D eigenvalue weighted by atomic mass is 79.9. The number of ether oxygens (including phenoxy) is 1. The van der Waals surface area contributed by atoms with Gasteiger partial charge >= 0.3 is 0 Å². The Morgan fingerprint density at radius 1 is 1.32 bits per heavy atom. The largest absolute Gasteiger partial charge is 0.492 e. The van der Waals surface area contributed by atoms with Gasteiger partial charge in [0.25, 0.3) is 5.91 Å². The molecule has 0 radical (unpaired) electrons. The van der Waals surface area contributed by atoms with Crippen LogP contribution in [0.4, 0.5) is 5.69 Å². The number of halogens is 1. The minimum absolute atomic E-state index is 0.127. The van der Waals surface area contributed by atoms with Crippen LogP contribution < -0.4 is 15.8 Å². The topological polar surface area (TPSA) is 64.3 Å². The number of carbonyl (C=O) groups excluding carboxylic acids is 1. The van der Waals surface area contributed by atoms with E-state index in [0.29, 0.717) is 18.0 Å². The quantitative estimate of drug-likeness (QED) is 0.878. The molecule has 1 aromatic carbocycles. The summed E-state index contributed by atoms with van der Waals surface area (Å²) in [6.45, 7) is 0.957. The maximum absolute atomic E-state index is 12.0. The zero-order valence-electron chi connectivity index (χ0n) is 10.1. The summed E-state index contributed by atoms with van der Waals surface area (Å²) < 4.78 is 6.17. The number of anilines is 1. The van der Waals surface area contributed by atoms with Gasteiger partial charge in [0.05, 0.1) is 0 Å². The molecule has 1 heterocycles. The van der Waals surface area contributed by atoms with Crippen molar-refractivity contribution in [2.24, 2.45) is 5.73 Å². The number of nitrogens with two attached hydrogens (primary N) is 1. The Labute approximate surface area is 123 Å². The summed E-state index contributed by atoms with van der Waals surface area (Å²) in [7, 11) is 0. The Balaban J connectivity index is 2.00. The highest BCUT2D eigenvalue weighted by Crippen LogP contribution is 2.24. The summed E-state index contributed by atoms with van der Waals surface area (Å²) in [5.74, 6) is 0.609. The molecule has 0 saturated carbocycles. The van der Waals surface area contributed by atoms with E-state index >= 15 is 0 Å². The van der Waals surface area contributed by atoms with Crippen LogP contribution in [0.3, 0.4) is 0 Å². The van der Waals surface area contributed by atoms with E-state index in [1.165, 1.54) is 11.3 Å². The molecule has 0 spiro atoms. The SMILES string of the molecule is NCCOc1ccc(NC(=O)c2sccc2Br)cc1. The third-order valence-electron chi connectivity index (χ3n) is 2.32. The van der Waals surface area contributed by atoms with Gasteiger partial charge in [-0.3, -0.25) is 4.79 Å². The molecule has 0 aliphatic rings. The Morgan fingerprint density at radius 2 is 2.05 bits per heavy atom. The molecule has 19 heavy (non-hydrogen) atoms. The van der Waals surface area contributed by atoms with E-state index in [1.807, 2.05) is 11.4 Å². The molecular formula is C13H13BrN2O2S. The normalized spacial score (nSPS) is 10.2. The van der Waals surface area contributed by atoms with Crippen LogP contribution in [-0.4, -0.2) is 19.1 Å². The average Bonchev–Trinajstić information content (AvgIpc) is 2.84. The lowest BCUT2D eigenvalue weighted by molar-refractivity contribution is 0.103. The van der Waals surface area contributed by atoms with Gasteiger partial charge in [-0.1, -0.05) is 0 Å². The zero-order valence-corrected chi connectivity index (χ0v) is 12.5. The van der Waals surface area contributed by atoms with Crippen molar-refractivity contribution in [2.45, 2.75) is 0 Å². The smallest absolute Gasteiger partial charge is 0.266 e. The Kier molecular flexibility index (Phi) is 4.95. The molecule has 1 aromatic heterocycles. The predicted molar refractivity (Wildman–Crippen MR) is 81.0 cm³/mol. The van der Waals surface area contributed by atoms with Crippen molar-refractivity contribution in [1.29, 1.82) is 0 Å². The van der Waals surface area contributed by atoms with Gasteiger partial charge < -0.3 is 15.8 Å². The highest BCUT2D eigenvalue weighted by Gasteiger charge is 2.11. The van der Waals surface area contributed by atoms with Gasteiger partial charge in [0.15, 0.2) is 0 Å². The molecule has 100 valence electrons. The Hall–Kier alpha value is -1.37. The standard InChI is InChI=1S/C13H13BrN2O2S/c14-11-5-8-19-12(11)13(17)16-9-1-3-10(4-2-9)18-7-6-15/h1-5,8H,6-7,15H2,(H,16,17). The Bertz CT molecular complexity index is 554. The van der Waals surface area contributed by atoms with E-state index in [0.717, 1.165) is 15.9 Å². The van der Waals surface area contributed by atoms with Crippen molar-refractivity contribution < 1.29 is 9.53 Å². The zero-order chi connectivity index (χ0) is 13.7. The van der Waals surface area contributed by atoms with Crippen LogP contribution in [0.25, 0.3) is 0 Å². The summed E-state index contributed by atoms with van der Waals surface area (Å²) >= 11 is 4.73. The molecule has 2 rings (SSSR count). The van der Waals surface area contributed by atoms with Crippen LogP contribution >= 0.6 is 27.3 Å². The second-order valence-electron chi connectivity index (χ2n) is 3.71. The maximum Gasteiger partial charge on any atom is 0.266 e. The molecule has 4 nitrogen and oxygen atoms in total. The summed E-state index contributed by atoms with van der Waals surface area (Å²) in [6.07, 6.45) is 0. The van der Waals surface area contributed by atoms with Crippen molar-refractivity contribution in [3.8, 4) is 5.75 Å². The summed E-state index contributed by atoms with van der Waals surface area (Å²) in [5, 5.41) is 4.69. The van der Waals surface area contributed by atoms with Gasteiger partial charge in [-0.2, -0.15) is 0 Å². The fourth-order valence-corrected chi connectivity index (χ4v) is 2.90. The van der Waals surface area contributed by atoms with E-state index in [9.17, 15) is 4.79 Å². The number of hydrogen-bond acceptors (Lipinski definition) is 4. The summed E-state index contributed by atoms with van der Waals surface area (Å²) in [6, 6.07) is 9.04. The minimum Gasteiger partial charge on any atom is -0.492 e. The van der Waals surface area contributed by atoms with E-state index in [-0.39, 0.29) is 5.91 Å². The molecule has 0 unspecified atom stereocenters. The molecule has 0 fully saturated rings. The van der Waals surface area contributed by atoms with Crippen LogP contribution in [0.5, 0.6) is 5.75 Å². The van der Waals surface area contributed by atoms with Gasteiger partial charge in [-0.05, 0) is 51.6 Å². The first-order chi connectivity index (χ1) is 9.20. The molecule has 2 aromatic rings. The number of carbonyl (C=O) groups is 1. The van der Waals surface area contributed by atoms with Crippen LogP contribution in [0, 0.1) is 0 Å². The lowest BCUT2D eigenvalue weighted by Gasteiger charge is -2.07. The van der Waals surface area contributed by atoms with Gasteiger partial charge in [-0.15, -0.1) is 11.3 Å². The van der Waals surface area contributed by atoms with E-state index < -0.39 is 0 Å². The van der Waals surface area contributed by atoms with Crippen LogP contribution in [0.15, 0.2) is 40.2 Å². The second kappa shape index (κ2) is 6.70. The number of amides is 1. The van der Waals surface area contributed by atoms with Crippen molar-refractivity contribution in [3.05, 3.63) is 45.1 Å². The molecular weight excluding hydrogens is 328 g/mol. The summed E-state index contributed by atoms with van der Waals surface area (Å²) in [5.41, 5.74) is 6.08. The van der Waals surface area contributed by atoms with Gasteiger partial charge in [0, 0.05) is 16.7 Å². The first kappa shape index (κ1) is 14.0. The van der Waals surface area contributed by atoms with E-state index in [1.54, 1.807) is 24.3 Å². The third kappa shape index (κ3) is 3.79. The fraction of sp³-hybridized carbons (Fsp3) is 0.154. The van der Waals surface area contributed by atoms with Gasteiger partial charge in [-0.25, -0.2) is 0 Å². The molecule has 1 amide bonds. The van der Waals surface area contributed by atoms with Crippen LogP contribution in [0.2, 0.25) is 0 Å². The monoisotopic (exact) mass is 340 g/mol. The van der Waals surface area contributed by atoms with Crippen molar-refractivity contribution >= 4 is 38.9 Å². The fourth-order valence-electron chi connectivity index (χ4n) is 1.45. The van der Waals surface area contributed by atoms with Crippen molar-refractivity contribution in [2.75, 3.05) is 18.5 Å². The number of nitrogens with one attached hydrogen (secondary N) is 1. The Morgan fingerprint density at radius 3 is 2.63 bits per heavy atom. The van der Waals surface area contributed by atoms with E-state index in [2.05, 4.69) is 21.2 Å². The summed E-state index contributed by atoms with van der Waals surface area (Å²) in [4.78, 5) is 12.6. The van der Waals surface area contributed by atoms with Crippen molar-refractivity contribution in [3.63, 3.8) is 0 Å². The predicted octanol–water partition coefficient (Wildman–Crippen LogP) is 3.10. The maximum atomic E-state index is 12.0. The first-order valence-electron chi connectivity index (χ1n) is 5.68. The molecule has 3 N–H and O–H groups in total. The second-order valence-corrected chi connectivity index (χ2v) is 5.48.